The third-order valence-electron chi connectivity index (χ3n) is 2.28. The molecule has 0 spiro atoms. The van der Waals surface area contributed by atoms with Crippen molar-refractivity contribution in [3.63, 3.8) is 0 Å². The number of esters is 1. The van der Waals surface area contributed by atoms with Gasteiger partial charge in [0, 0.05) is 17.5 Å². The first-order valence-corrected chi connectivity index (χ1v) is 6.39. The summed E-state index contributed by atoms with van der Waals surface area (Å²) in [7, 11) is 0. The van der Waals surface area contributed by atoms with Crippen LogP contribution in [0, 0.1) is 0 Å². The smallest absolute Gasteiger partial charge is 0.343 e. The second-order valence-electron chi connectivity index (χ2n) is 3.56. The standard InChI is InChI=1S/C12H13N3O2S/c1-2-17-12(16)9-7-14-10(15-11(9)13)6-8-4-3-5-18-8/h3-5,7H,2,6H2,1H3,(H2,13,14,15). The fraction of sp³-hybridized carbons (Fsp3) is 0.250. The third-order valence-corrected chi connectivity index (χ3v) is 3.15. The summed E-state index contributed by atoms with van der Waals surface area (Å²) in [6.45, 7) is 2.04. The van der Waals surface area contributed by atoms with Crippen molar-refractivity contribution in [1.82, 2.24) is 9.97 Å². The van der Waals surface area contributed by atoms with E-state index in [-0.39, 0.29) is 11.4 Å². The SMILES string of the molecule is CCOC(=O)c1cnc(Cc2cccs2)nc1N. The molecule has 94 valence electrons. The zero-order valence-corrected chi connectivity index (χ0v) is 10.7. The van der Waals surface area contributed by atoms with Gasteiger partial charge >= 0.3 is 5.97 Å². The molecule has 2 aromatic rings. The van der Waals surface area contributed by atoms with Crippen molar-refractivity contribution in [2.75, 3.05) is 12.3 Å². The number of anilines is 1. The van der Waals surface area contributed by atoms with Crippen LogP contribution in [0.25, 0.3) is 0 Å². The lowest BCUT2D eigenvalue weighted by Crippen LogP contribution is -2.11. The van der Waals surface area contributed by atoms with E-state index in [0.717, 1.165) is 4.88 Å². The molecule has 0 atom stereocenters. The van der Waals surface area contributed by atoms with Gasteiger partial charge in [-0.1, -0.05) is 6.07 Å². The molecule has 6 heteroatoms. The van der Waals surface area contributed by atoms with Gasteiger partial charge in [0.1, 0.15) is 17.2 Å². The zero-order chi connectivity index (χ0) is 13.0. The highest BCUT2D eigenvalue weighted by Gasteiger charge is 2.13. The van der Waals surface area contributed by atoms with Crippen molar-refractivity contribution >= 4 is 23.1 Å². The number of nitrogens with two attached hydrogens (primary N) is 1. The molecule has 0 saturated carbocycles. The van der Waals surface area contributed by atoms with Crippen LogP contribution in [-0.2, 0) is 11.2 Å². The van der Waals surface area contributed by atoms with Crippen LogP contribution in [0.15, 0.2) is 23.7 Å². The second kappa shape index (κ2) is 5.59. The van der Waals surface area contributed by atoms with E-state index in [4.69, 9.17) is 10.5 Å². The number of aromatic nitrogens is 2. The van der Waals surface area contributed by atoms with Crippen molar-refractivity contribution in [2.24, 2.45) is 0 Å². The molecule has 0 aliphatic heterocycles. The van der Waals surface area contributed by atoms with E-state index >= 15 is 0 Å². The summed E-state index contributed by atoms with van der Waals surface area (Å²) < 4.78 is 4.86. The molecule has 0 saturated heterocycles. The average molecular weight is 263 g/mol. The number of hydrogen-bond donors (Lipinski definition) is 1. The molecule has 18 heavy (non-hydrogen) atoms. The van der Waals surface area contributed by atoms with Gasteiger partial charge in [0.2, 0.25) is 0 Å². The van der Waals surface area contributed by atoms with Crippen molar-refractivity contribution in [1.29, 1.82) is 0 Å². The molecule has 2 N–H and O–H groups in total. The Bertz CT molecular complexity index is 540. The summed E-state index contributed by atoms with van der Waals surface area (Å²) in [5, 5.41) is 1.99. The zero-order valence-electron chi connectivity index (χ0n) is 9.92. The monoisotopic (exact) mass is 263 g/mol. The Hall–Kier alpha value is -1.95. The van der Waals surface area contributed by atoms with Crippen LogP contribution in [0.4, 0.5) is 5.82 Å². The molecule has 0 radical (unpaired) electrons. The van der Waals surface area contributed by atoms with Crippen molar-refractivity contribution < 1.29 is 9.53 Å². The molecule has 0 aliphatic carbocycles. The summed E-state index contributed by atoms with van der Waals surface area (Å²) in [5.74, 6) is 0.274. The Labute approximate surface area is 109 Å². The molecular weight excluding hydrogens is 250 g/mol. The highest BCUT2D eigenvalue weighted by atomic mass is 32.1. The predicted octanol–water partition coefficient (Wildman–Crippen LogP) is 1.89. The van der Waals surface area contributed by atoms with Crippen LogP contribution in [-0.4, -0.2) is 22.5 Å². The minimum Gasteiger partial charge on any atom is -0.462 e. The lowest BCUT2D eigenvalue weighted by molar-refractivity contribution is 0.0526. The first-order valence-electron chi connectivity index (χ1n) is 5.51. The van der Waals surface area contributed by atoms with Crippen LogP contribution >= 0.6 is 11.3 Å². The van der Waals surface area contributed by atoms with Gasteiger partial charge in [0.25, 0.3) is 0 Å². The molecular formula is C12H13N3O2S. The second-order valence-corrected chi connectivity index (χ2v) is 4.59. The minimum absolute atomic E-state index is 0.162. The highest BCUT2D eigenvalue weighted by molar-refractivity contribution is 7.09. The van der Waals surface area contributed by atoms with Gasteiger partial charge in [-0.3, -0.25) is 0 Å². The van der Waals surface area contributed by atoms with Gasteiger partial charge in [0.15, 0.2) is 0 Å². The summed E-state index contributed by atoms with van der Waals surface area (Å²) in [5.41, 5.74) is 5.95. The van der Waals surface area contributed by atoms with Gasteiger partial charge in [-0.25, -0.2) is 14.8 Å². The third kappa shape index (κ3) is 2.84. The number of nitrogen functional groups attached to an aromatic ring is 1. The van der Waals surface area contributed by atoms with E-state index in [1.165, 1.54) is 6.20 Å². The Morgan fingerprint density at radius 3 is 3.00 bits per heavy atom. The minimum atomic E-state index is -0.488. The Morgan fingerprint density at radius 1 is 1.56 bits per heavy atom. The number of nitrogens with zero attached hydrogens (tertiary/aromatic N) is 2. The van der Waals surface area contributed by atoms with Gasteiger partial charge in [0.05, 0.1) is 6.61 Å². The molecule has 0 unspecified atom stereocenters. The number of thiophene rings is 1. The van der Waals surface area contributed by atoms with E-state index in [1.807, 2.05) is 17.5 Å². The topological polar surface area (TPSA) is 78.1 Å². The predicted molar refractivity (Wildman–Crippen MR) is 69.5 cm³/mol. The molecule has 5 nitrogen and oxygen atoms in total. The van der Waals surface area contributed by atoms with Gasteiger partial charge in [-0.05, 0) is 18.4 Å². The number of hydrogen-bond acceptors (Lipinski definition) is 6. The molecule has 0 aliphatic rings. The molecule has 0 bridgehead atoms. The fourth-order valence-corrected chi connectivity index (χ4v) is 2.16. The quantitative estimate of drug-likeness (QED) is 0.852. The van der Waals surface area contributed by atoms with Crippen molar-refractivity contribution in [2.45, 2.75) is 13.3 Å². The van der Waals surface area contributed by atoms with E-state index in [2.05, 4.69) is 9.97 Å². The van der Waals surface area contributed by atoms with Crippen molar-refractivity contribution in [3.8, 4) is 0 Å². The van der Waals surface area contributed by atoms with Gasteiger partial charge < -0.3 is 10.5 Å². The van der Waals surface area contributed by atoms with Crippen LogP contribution in [0.1, 0.15) is 28.0 Å². The van der Waals surface area contributed by atoms with Crippen molar-refractivity contribution in [3.05, 3.63) is 40.0 Å². The molecule has 2 rings (SSSR count). The van der Waals surface area contributed by atoms with Crippen LogP contribution in [0.5, 0.6) is 0 Å². The number of rotatable bonds is 4. The lowest BCUT2D eigenvalue weighted by atomic mass is 10.3. The molecule has 0 amide bonds. The maximum Gasteiger partial charge on any atom is 0.343 e. The summed E-state index contributed by atoms with van der Waals surface area (Å²) >= 11 is 1.63. The molecule has 2 heterocycles. The van der Waals surface area contributed by atoms with E-state index in [9.17, 15) is 4.79 Å². The Balaban J connectivity index is 2.17. The Morgan fingerprint density at radius 2 is 2.39 bits per heavy atom. The molecule has 0 fully saturated rings. The number of ether oxygens (including phenoxy) is 1. The maximum absolute atomic E-state index is 11.5. The van der Waals surface area contributed by atoms with Crippen LogP contribution < -0.4 is 5.73 Å². The van der Waals surface area contributed by atoms with Gasteiger partial charge in [-0.2, -0.15) is 0 Å². The number of carbonyl (C=O) groups is 1. The number of carbonyl (C=O) groups excluding carboxylic acids is 1. The first-order chi connectivity index (χ1) is 8.70. The normalized spacial score (nSPS) is 10.3. The Kier molecular flexibility index (Phi) is 3.88. The highest BCUT2D eigenvalue weighted by Crippen LogP contribution is 2.15. The van der Waals surface area contributed by atoms with Crippen LogP contribution in [0.3, 0.4) is 0 Å². The average Bonchev–Trinajstić information content (AvgIpc) is 2.82. The lowest BCUT2D eigenvalue weighted by Gasteiger charge is -2.05. The van der Waals surface area contributed by atoms with Gasteiger partial charge in [-0.15, -0.1) is 11.3 Å². The van der Waals surface area contributed by atoms with E-state index in [1.54, 1.807) is 18.3 Å². The summed E-state index contributed by atoms with van der Waals surface area (Å²) in [6, 6.07) is 3.97. The van der Waals surface area contributed by atoms with E-state index in [0.29, 0.717) is 18.9 Å². The largest absolute Gasteiger partial charge is 0.462 e. The van der Waals surface area contributed by atoms with E-state index < -0.39 is 5.97 Å². The molecule has 2 aromatic heterocycles. The maximum atomic E-state index is 11.5. The van der Waals surface area contributed by atoms with Crippen LogP contribution in [0.2, 0.25) is 0 Å². The summed E-state index contributed by atoms with van der Waals surface area (Å²) in [4.78, 5) is 20.9. The first kappa shape index (κ1) is 12.5. The summed E-state index contributed by atoms with van der Waals surface area (Å²) in [6.07, 6.45) is 2.04. The fourth-order valence-electron chi connectivity index (χ4n) is 1.45. The molecule has 0 aromatic carbocycles.